The number of nitrogens with one attached hydrogen (secondary N) is 1. The van der Waals surface area contributed by atoms with Crippen LogP contribution in [0.25, 0.3) is 0 Å². The zero-order valence-corrected chi connectivity index (χ0v) is 15.8. The third-order valence-corrected chi connectivity index (χ3v) is 6.46. The second kappa shape index (κ2) is 5.98. The Balaban J connectivity index is 1.88. The van der Waals surface area contributed by atoms with Crippen molar-refractivity contribution in [1.29, 1.82) is 0 Å². The Labute approximate surface area is 162 Å². The highest BCUT2D eigenvalue weighted by molar-refractivity contribution is 8.15. The van der Waals surface area contributed by atoms with Crippen LogP contribution in [0, 0.1) is 0 Å². The lowest BCUT2D eigenvalue weighted by Gasteiger charge is -2.38. The average Bonchev–Trinajstić information content (AvgIpc) is 2.98. The molecule has 0 bridgehead atoms. The Bertz CT molecular complexity index is 1120. The van der Waals surface area contributed by atoms with Gasteiger partial charge in [-0.1, -0.05) is 30.3 Å². The van der Waals surface area contributed by atoms with Crippen molar-refractivity contribution in [3.8, 4) is 0 Å². The van der Waals surface area contributed by atoms with Crippen LogP contribution in [0.5, 0.6) is 0 Å². The van der Waals surface area contributed by atoms with Crippen molar-refractivity contribution in [2.45, 2.75) is 21.6 Å². The first-order chi connectivity index (χ1) is 13.0. The molecule has 2 aliphatic rings. The Kier molecular flexibility index (Phi) is 4.02. The molecule has 2 amide bonds. The average molecular weight is 427 g/mol. The van der Waals surface area contributed by atoms with Gasteiger partial charge in [0.25, 0.3) is 5.66 Å². The van der Waals surface area contributed by atoms with E-state index >= 15 is 0 Å². The van der Waals surface area contributed by atoms with Crippen LogP contribution in [0.15, 0.2) is 63.3 Å². The number of alkyl halides is 3. The van der Waals surface area contributed by atoms with E-state index in [0.717, 1.165) is 22.9 Å². The summed E-state index contributed by atoms with van der Waals surface area (Å²) in [6, 6.07) is 9.89. The molecule has 11 heteroatoms. The summed E-state index contributed by atoms with van der Waals surface area (Å²) in [6.45, 7) is 0. The number of nitrogens with zero attached hydrogens (tertiary/aromatic N) is 2. The summed E-state index contributed by atoms with van der Waals surface area (Å²) in [5.74, 6) is 0. The number of carbonyl (C=O) groups excluding carboxylic acids is 1. The van der Waals surface area contributed by atoms with Crippen LogP contribution in [0.2, 0.25) is 0 Å². The molecule has 2 aromatic rings. The lowest BCUT2D eigenvalue weighted by Crippen LogP contribution is -2.62. The molecule has 1 N–H and O–H groups in total. The summed E-state index contributed by atoms with van der Waals surface area (Å²) in [5.41, 5.74) is -2.87. The Morgan fingerprint density at radius 1 is 1.14 bits per heavy atom. The maximum atomic E-state index is 14.0. The van der Waals surface area contributed by atoms with E-state index in [-0.39, 0.29) is 21.3 Å². The van der Waals surface area contributed by atoms with Crippen molar-refractivity contribution in [2.24, 2.45) is 4.99 Å². The van der Waals surface area contributed by atoms with E-state index in [1.54, 1.807) is 6.07 Å². The largest absolute Gasteiger partial charge is 0.436 e. The number of aliphatic imine (C=N–C) groups is 1. The van der Waals surface area contributed by atoms with Gasteiger partial charge < -0.3 is 5.32 Å². The standard InChI is InChI=1S/C17H12F3N3O3S2/c1-28(25,26)11-7-8-12-13(9-11)27-15-22-16(17(18,19)20,21-14(24)23(12)15)10-5-3-2-4-6-10/h2-9H,1H3,(H,21,24). The van der Waals surface area contributed by atoms with Crippen molar-refractivity contribution in [3.05, 3.63) is 54.1 Å². The predicted octanol–water partition coefficient (Wildman–Crippen LogP) is 3.50. The Morgan fingerprint density at radius 2 is 1.82 bits per heavy atom. The Morgan fingerprint density at radius 3 is 2.43 bits per heavy atom. The van der Waals surface area contributed by atoms with Gasteiger partial charge in [0, 0.05) is 16.7 Å². The van der Waals surface area contributed by atoms with Gasteiger partial charge in [0.2, 0.25) is 0 Å². The minimum Gasteiger partial charge on any atom is -0.301 e. The highest BCUT2D eigenvalue weighted by Gasteiger charge is 2.61. The number of amides is 2. The van der Waals surface area contributed by atoms with Crippen LogP contribution in [0.1, 0.15) is 5.56 Å². The van der Waals surface area contributed by atoms with E-state index in [1.807, 2.05) is 5.32 Å². The van der Waals surface area contributed by atoms with E-state index in [0.29, 0.717) is 4.90 Å². The number of fused-ring (bicyclic) bond motifs is 3. The van der Waals surface area contributed by atoms with Crippen LogP contribution in [-0.4, -0.2) is 32.0 Å². The minimum absolute atomic E-state index is 0.00440. The summed E-state index contributed by atoms with van der Waals surface area (Å²) < 4.78 is 65.6. The smallest absolute Gasteiger partial charge is 0.301 e. The molecule has 28 heavy (non-hydrogen) atoms. The van der Waals surface area contributed by atoms with Crippen molar-refractivity contribution in [2.75, 3.05) is 11.2 Å². The zero-order valence-electron chi connectivity index (χ0n) is 14.2. The number of hydrogen-bond acceptors (Lipinski definition) is 5. The van der Waals surface area contributed by atoms with Crippen molar-refractivity contribution < 1.29 is 26.4 Å². The summed E-state index contributed by atoms with van der Waals surface area (Å²) in [7, 11) is -3.51. The molecule has 2 aliphatic heterocycles. The quantitative estimate of drug-likeness (QED) is 0.796. The predicted molar refractivity (Wildman–Crippen MR) is 98.0 cm³/mol. The molecule has 0 saturated carbocycles. The summed E-state index contributed by atoms with van der Waals surface area (Å²) in [6.07, 6.45) is -3.87. The number of urea groups is 1. The molecule has 0 aliphatic carbocycles. The lowest BCUT2D eigenvalue weighted by molar-refractivity contribution is -0.195. The molecule has 2 heterocycles. The van der Waals surface area contributed by atoms with Crippen LogP contribution in [0.3, 0.4) is 0 Å². The number of amidine groups is 1. The molecule has 4 rings (SSSR count). The molecule has 0 spiro atoms. The molecule has 0 saturated heterocycles. The van der Waals surface area contributed by atoms with Crippen LogP contribution in [0.4, 0.5) is 23.7 Å². The first kappa shape index (κ1) is 18.8. The number of benzene rings is 2. The molecule has 0 aromatic heterocycles. The molecule has 6 nitrogen and oxygen atoms in total. The van der Waals surface area contributed by atoms with E-state index in [4.69, 9.17) is 0 Å². The third kappa shape index (κ3) is 2.76. The Hall–Kier alpha value is -2.53. The van der Waals surface area contributed by atoms with Crippen molar-refractivity contribution >= 4 is 38.5 Å². The fraction of sp³-hybridized carbons (Fsp3) is 0.176. The lowest BCUT2D eigenvalue weighted by atomic mass is 9.98. The molecule has 2 aromatic carbocycles. The molecular formula is C17H12F3N3O3S2. The highest BCUT2D eigenvalue weighted by Crippen LogP contribution is 2.48. The topological polar surface area (TPSA) is 78.8 Å². The molecule has 1 unspecified atom stereocenters. The summed E-state index contributed by atoms with van der Waals surface area (Å²) in [5, 5.41) is 1.81. The monoisotopic (exact) mass is 427 g/mol. The third-order valence-electron chi connectivity index (χ3n) is 4.35. The van der Waals surface area contributed by atoms with Gasteiger partial charge in [0.15, 0.2) is 15.0 Å². The minimum atomic E-state index is -4.89. The number of halogens is 3. The van der Waals surface area contributed by atoms with Crippen molar-refractivity contribution in [3.63, 3.8) is 0 Å². The fourth-order valence-electron chi connectivity index (χ4n) is 3.00. The maximum Gasteiger partial charge on any atom is 0.436 e. The normalized spacial score (nSPS) is 21.6. The van der Waals surface area contributed by atoms with E-state index in [9.17, 15) is 26.4 Å². The summed E-state index contributed by atoms with van der Waals surface area (Å²) >= 11 is 0.818. The van der Waals surface area contributed by atoms with Gasteiger partial charge in [0.1, 0.15) is 0 Å². The number of thioether (sulfide) groups is 1. The highest BCUT2D eigenvalue weighted by atomic mass is 32.2. The van der Waals surface area contributed by atoms with Gasteiger partial charge in [-0.3, -0.25) is 0 Å². The molecular weight excluding hydrogens is 415 g/mol. The summed E-state index contributed by atoms with van der Waals surface area (Å²) in [4.78, 5) is 17.9. The number of rotatable bonds is 2. The zero-order chi connectivity index (χ0) is 20.3. The van der Waals surface area contributed by atoms with Gasteiger partial charge in [-0.2, -0.15) is 13.2 Å². The van der Waals surface area contributed by atoms with Gasteiger partial charge in [-0.15, -0.1) is 0 Å². The van der Waals surface area contributed by atoms with Crippen LogP contribution >= 0.6 is 11.8 Å². The second-order valence-electron chi connectivity index (χ2n) is 6.24. The van der Waals surface area contributed by atoms with Crippen LogP contribution in [-0.2, 0) is 15.5 Å². The van der Waals surface area contributed by atoms with Gasteiger partial charge in [-0.25, -0.2) is 23.1 Å². The molecule has 0 radical (unpaired) electrons. The van der Waals surface area contributed by atoms with E-state index in [1.165, 1.54) is 42.5 Å². The number of anilines is 1. The van der Waals surface area contributed by atoms with Gasteiger partial charge in [-0.05, 0) is 30.0 Å². The molecule has 0 fully saturated rings. The first-order valence-corrected chi connectivity index (χ1v) is 10.6. The first-order valence-electron chi connectivity index (χ1n) is 7.89. The maximum absolute atomic E-state index is 14.0. The van der Waals surface area contributed by atoms with Gasteiger partial charge >= 0.3 is 12.2 Å². The molecule has 1 atom stereocenters. The number of sulfone groups is 1. The number of carbonyl (C=O) groups is 1. The SMILES string of the molecule is CS(=O)(=O)c1ccc2c(c1)SC1=NC(c3ccccc3)(C(F)(F)F)NC(=O)N12. The van der Waals surface area contributed by atoms with E-state index in [2.05, 4.69) is 4.99 Å². The fourth-order valence-corrected chi connectivity index (χ4v) is 4.83. The molecule has 146 valence electrons. The number of hydrogen-bond donors (Lipinski definition) is 1. The van der Waals surface area contributed by atoms with E-state index < -0.39 is 27.7 Å². The van der Waals surface area contributed by atoms with Gasteiger partial charge in [0.05, 0.1) is 10.6 Å². The second-order valence-corrected chi connectivity index (χ2v) is 9.26. The van der Waals surface area contributed by atoms with Crippen LogP contribution < -0.4 is 10.2 Å². The van der Waals surface area contributed by atoms with Crippen molar-refractivity contribution in [1.82, 2.24) is 5.32 Å².